The average molecular weight is 210 g/mol. The third-order valence-corrected chi connectivity index (χ3v) is 2.96. The predicted molar refractivity (Wildman–Crippen MR) is 67.6 cm³/mol. The first-order valence-electron chi connectivity index (χ1n) is 5.55. The zero-order valence-corrected chi connectivity index (χ0v) is 9.06. The van der Waals surface area contributed by atoms with Crippen LogP contribution in [0.4, 0.5) is 11.4 Å². The van der Waals surface area contributed by atoms with Crippen LogP contribution < -0.4 is 10.2 Å². The lowest BCUT2D eigenvalue weighted by Gasteiger charge is -2.31. The van der Waals surface area contributed by atoms with E-state index in [4.69, 9.17) is 0 Å². The highest BCUT2D eigenvalue weighted by atomic mass is 15.2. The van der Waals surface area contributed by atoms with E-state index in [1.165, 1.54) is 16.9 Å². The Labute approximate surface area is 95.5 Å². The van der Waals surface area contributed by atoms with E-state index in [1.54, 1.807) is 0 Å². The Morgan fingerprint density at radius 3 is 2.50 bits per heavy atom. The van der Waals surface area contributed by atoms with Gasteiger partial charge in [-0.15, -0.1) is 0 Å². The van der Waals surface area contributed by atoms with Crippen molar-refractivity contribution in [3.63, 3.8) is 0 Å². The van der Waals surface area contributed by atoms with Gasteiger partial charge in [-0.2, -0.15) is 0 Å². The van der Waals surface area contributed by atoms with Crippen molar-refractivity contribution in [3.05, 3.63) is 60.2 Å². The fraction of sp³-hybridized carbons (Fsp3) is 0.143. The summed E-state index contributed by atoms with van der Waals surface area (Å²) in [6.07, 6.45) is 0. The Morgan fingerprint density at radius 1 is 0.875 bits per heavy atom. The van der Waals surface area contributed by atoms with Gasteiger partial charge in [-0.3, -0.25) is 0 Å². The van der Waals surface area contributed by atoms with Crippen LogP contribution in [0.15, 0.2) is 54.6 Å². The third-order valence-electron chi connectivity index (χ3n) is 2.96. The number of rotatable bonds is 1. The monoisotopic (exact) mass is 210 g/mol. The minimum Gasteiger partial charge on any atom is -0.367 e. The maximum absolute atomic E-state index is 3.44. The molecule has 0 fully saturated rings. The first kappa shape index (κ1) is 9.28. The molecule has 2 aromatic carbocycles. The van der Waals surface area contributed by atoms with E-state index >= 15 is 0 Å². The second-order valence-electron chi connectivity index (χ2n) is 4.03. The van der Waals surface area contributed by atoms with Gasteiger partial charge in [0.05, 0.1) is 6.67 Å². The molecule has 80 valence electrons. The summed E-state index contributed by atoms with van der Waals surface area (Å²) >= 11 is 0. The first-order valence-corrected chi connectivity index (χ1v) is 5.55. The van der Waals surface area contributed by atoms with E-state index in [0.29, 0.717) is 0 Å². The second kappa shape index (κ2) is 3.89. The van der Waals surface area contributed by atoms with Gasteiger partial charge in [-0.1, -0.05) is 36.4 Å². The summed E-state index contributed by atoms with van der Waals surface area (Å²) in [5, 5.41) is 3.44. The molecule has 0 bridgehead atoms. The van der Waals surface area contributed by atoms with Crippen LogP contribution in [0.5, 0.6) is 0 Å². The van der Waals surface area contributed by atoms with Crippen molar-refractivity contribution in [2.45, 2.75) is 6.54 Å². The molecule has 3 rings (SSSR count). The summed E-state index contributed by atoms with van der Waals surface area (Å²) in [6.45, 7) is 1.86. The Kier molecular flexibility index (Phi) is 2.26. The van der Waals surface area contributed by atoms with E-state index in [2.05, 4.69) is 64.8 Å². The van der Waals surface area contributed by atoms with Crippen LogP contribution in [-0.4, -0.2) is 6.67 Å². The van der Waals surface area contributed by atoms with E-state index in [-0.39, 0.29) is 0 Å². The number of nitrogens with one attached hydrogen (secondary N) is 1. The van der Waals surface area contributed by atoms with Crippen LogP contribution in [0.2, 0.25) is 0 Å². The lowest BCUT2D eigenvalue weighted by molar-refractivity contribution is 0.810. The van der Waals surface area contributed by atoms with Gasteiger partial charge in [0.1, 0.15) is 0 Å². The Morgan fingerprint density at radius 2 is 1.62 bits per heavy atom. The molecule has 0 aromatic heterocycles. The van der Waals surface area contributed by atoms with Crippen molar-refractivity contribution in [2.75, 3.05) is 16.9 Å². The molecule has 2 heteroatoms. The maximum Gasteiger partial charge on any atom is 0.0880 e. The molecule has 2 aromatic rings. The summed E-state index contributed by atoms with van der Waals surface area (Å²) in [7, 11) is 0. The Balaban J connectivity index is 1.89. The second-order valence-corrected chi connectivity index (χ2v) is 4.03. The maximum atomic E-state index is 3.44. The first-order chi connectivity index (χ1) is 7.93. The van der Waals surface area contributed by atoms with Crippen molar-refractivity contribution in [1.29, 1.82) is 0 Å². The van der Waals surface area contributed by atoms with Gasteiger partial charge < -0.3 is 10.2 Å². The topological polar surface area (TPSA) is 15.3 Å². The molecule has 0 amide bonds. The van der Waals surface area contributed by atoms with E-state index in [1.807, 2.05) is 0 Å². The van der Waals surface area contributed by atoms with Gasteiger partial charge in [0, 0.05) is 17.9 Å². The molecule has 0 radical (unpaired) electrons. The molecule has 0 aliphatic carbocycles. The average Bonchev–Trinajstić information content (AvgIpc) is 2.39. The number of para-hydroxylation sites is 2. The lowest BCUT2D eigenvalue weighted by Crippen LogP contribution is -2.33. The standard InChI is InChI=1S/C14H14N2/c1-2-7-13(8-3-1)16-10-12-6-4-5-9-14(12)15-11-16/h1-9,15H,10-11H2. The largest absolute Gasteiger partial charge is 0.367 e. The summed E-state index contributed by atoms with van der Waals surface area (Å²) in [4.78, 5) is 2.34. The molecule has 0 atom stereocenters. The van der Waals surface area contributed by atoms with Crippen molar-refractivity contribution >= 4 is 11.4 Å². The van der Waals surface area contributed by atoms with Crippen LogP contribution in [0.3, 0.4) is 0 Å². The SMILES string of the molecule is c1ccc(N2CNc3ccccc3C2)cc1. The zero-order chi connectivity index (χ0) is 10.8. The molecule has 0 saturated heterocycles. The Bertz CT molecular complexity index is 479. The van der Waals surface area contributed by atoms with Crippen LogP contribution >= 0.6 is 0 Å². The summed E-state index contributed by atoms with van der Waals surface area (Å²) in [6, 6.07) is 19.0. The number of fused-ring (bicyclic) bond motifs is 1. The molecule has 1 heterocycles. The minimum atomic E-state index is 0.876. The van der Waals surface area contributed by atoms with Crippen LogP contribution in [-0.2, 0) is 6.54 Å². The number of benzene rings is 2. The minimum absolute atomic E-state index is 0.876. The van der Waals surface area contributed by atoms with Gasteiger partial charge in [-0.25, -0.2) is 0 Å². The molecule has 0 spiro atoms. The highest BCUT2D eigenvalue weighted by Crippen LogP contribution is 2.25. The van der Waals surface area contributed by atoms with Crippen molar-refractivity contribution in [2.24, 2.45) is 0 Å². The van der Waals surface area contributed by atoms with Crippen molar-refractivity contribution in [3.8, 4) is 0 Å². The molecule has 1 N–H and O–H groups in total. The van der Waals surface area contributed by atoms with Crippen molar-refractivity contribution in [1.82, 2.24) is 0 Å². The fourth-order valence-corrected chi connectivity index (χ4v) is 2.09. The molecule has 0 saturated carbocycles. The van der Waals surface area contributed by atoms with Gasteiger partial charge in [0.25, 0.3) is 0 Å². The number of nitrogens with zero attached hydrogens (tertiary/aromatic N) is 1. The van der Waals surface area contributed by atoms with Gasteiger partial charge in [-0.05, 0) is 23.8 Å². The molecule has 16 heavy (non-hydrogen) atoms. The lowest BCUT2D eigenvalue weighted by atomic mass is 10.1. The Hall–Kier alpha value is -1.96. The van der Waals surface area contributed by atoms with Crippen LogP contribution in [0.25, 0.3) is 0 Å². The smallest absolute Gasteiger partial charge is 0.0880 e. The van der Waals surface area contributed by atoms with Crippen molar-refractivity contribution < 1.29 is 0 Å². The van der Waals surface area contributed by atoms with E-state index in [9.17, 15) is 0 Å². The molecule has 0 unspecified atom stereocenters. The predicted octanol–water partition coefficient (Wildman–Crippen LogP) is 3.08. The third kappa shape index (κ3) is 1.63. The van der Waals surface area contributed by atoms with Gasteiger partial charge in [0.15, 0.2) is 0 Å². The van der Waals surface area contributed by atoms with E-state index < -0.39 is 0 Å². The van der Waals surface area contributed by atoms with Crippen LogP contribution in [0, 0.1) is 0 Å². The number of hydrogen-bond acceptors (Lipinski definition) is 2. The molecular weight excluding hydrogens is 196 g/mol. The normalized spacial score (nSPS) is 14.1. The molecule has 2 nitrogen and oxygen atoms in total. The summed E-state index contributed by atoms with van der Waals surface area (Å²) in [5.74, 6) is 0. The quantitative estimate of drug-likeness (QED) is 0.778. The van der Waals surface area contributed by atoms with Gasteiger partial charge >= 0.3 is 0 Å². The summed E-state index contributed by atoms with van der Waals surface area (Å²) in [5.41, 5.74) is 3.89. The highest BCUT2D eigenvalue weighted by molar-refractivity contribution is 5.58. The number of hydrogen-bond donors (Lipinski definition) is 1. The fourth-order valence-electron chi connectivity index (χ4n) is 2.09. The van der Waals surface area contributed by atoms with E-state index in [0.717, 1.165) is 13.2 Å². The molecular formula is C14H14N2. The highest BCUT2D eigenvalue weighted by Gasteiger charge is 2.14. The zero-order valence-electron chi connectivity index (χ0n) is 9.06. The number of anilines is 2. The van der Waals surface area contributed by atoms with Crippen LogP contribution in [0.1, 0.15) is 5.56 Å². The van der Waals surface area contributed by atoms with Gasteiger partial charge in [0.2, 0.25) is 0 Å². The molecule has 1 aliphatic rings. The summed E-state index contributed by atoms with van der Waals surface area (Å²) < 4.78 is 0. The molecule has 1 aliphatic heterocycles.